The van der Waals surface area contributed by atoms with Crippen molar-refractivity contribution in [3.8, 4) is 10.4 Å². The molecule has 0 aliphatic carbocycles. The van der Waals surface area contributed by atoms with E-state index in [2.05, 4.69) is 5.32 Å². The molecule has 2 aromatic rings. The van der Waals surface area contributed by atoms with Crippen molar-refractivity contribution in [2.24, 2.45) is 0 Å². The number of nitrogens with one attached hydrogen (secondary N) is 1. The molecule has 2 rings (SSSR count). The summed E-state index contributed by atoms with van der Waals surface area (Å²) in [6.45, 7) is 0.525. The van der Waals surface area contributed by atoms with Gasteiger partial charge in [-0.1, -0.05) is 12.1 Å². The van der Waals surface area contributed by atoms with E-state index in [9.17, 15) is 14.3 Å². The van der Waals surface area contributed by atoms with Gasteiger partial charge in [0.15, 0.2) is 0 Å². The predicted molar refractivity (Wildman–Crippen MR) is 91.0 cm³/mol. The van der Waals surface area contributed by atoms with Gasteiger partial charge in [0.25, 0.3) is 0 Å². The highest BCUT2D eigenvalue weighted by atomic mass is 32.2. The Balaban J connectivity index is 1.96. The summed E-state index contributed by atoms with van der Waals surface area (Å²) in [5, 5.41) is 12.3. The molecule has 0 amide bonds. The third kappa shape index (κ3) is 4.83. The lowest BCUT2D eigenvalue weighted by Crippen LogP contribution is -2.36. The van der Waals surface area contributed by atoms with E-state index in [0.29, 0.717) is 13.0 Å². The van der Waals surface area contributed by atoms with Gasteiger partial charge in [-0.15, -0.1) is 11.3 Å². The lowest BCUT2D eigenvalue weighted by atomic mass is 10.2. The molecule has 2 N–H and O–H groups in total. The van der Waals surface area contributed by atoms with Gasteiger partial charge in [-0.3, -0.25) is 10.1 Å². The van der Waals surface area contributed by atoms with E-state index in [-0.39, 0.29) is 5.82 Å². The molecule has 3 nitrogen and oxygen atoms in total. The van der Waals surface area contributed by atoms with Crippen molar-refractivity contribution in [2.75, 3.05) is 12.0 Å². The molecule has 1 atom stereocenters. The van der Waals surface area contributed by atoms with Gasteiger partial charge in [0.05, 0.1) is 0 Å². The Kier molecular flexibility index (Phi) is 6.42. The van der Waals surface area contributed by atoms with Crippen molar-refractivity contribution in [3.05, 3.63) is 47.1 Å². The van der Waals surface area contributed by atoms with E-state index in [0.717, 1.165) is 21.1 Å². The average Bonchev–Trinajstić information content (AvgIpc) is 2.96. The second-order valence-electron chi connectivity index (χ2n) is 4.83. The highest BCUT2D eigenvalue weighted by molar-refractivity contribution is 7.98. The first kappa shape index (κ1) is 17.0. The first-order valence-electron chi connectivity index (χ1n) is 6.90. The summed E-state index contributed by atoms with van der Waals surface area (Å²) in [5.74, 6) is -0.250. The molecular weight excluding hydrogens is 321 g/mol. The number of carboxylic acid groups (broad SMARTS) is 1. The summed E-state index contributed by atoms with van der Waals surface area (Å²) in [7, 11) is 0. The molecule has 1 aromatic heterocycles. The van der Waals surface area contributed by atoms with Crippen LogP contribution in [0.5, 0.6) is 0 Å². The summed E-state index contributed by atoms with van der Waals surface area (Å²) in [4.78, 5) is 13.3. The Labute approximate surface area is 137 Å². The van der Waals surface area contributed by atoms with E-state index >= 15 is 0 Å². The maximum Gasteiger partial charge on any atom is 0.320 e. The molecule has 1 aromatic carbocycles. The van der Waals surface area contributed by atoms with Gasteiger partial charge >= 0.3 is 5.97 Å². The Hall–Kier alpha value is -1.37. The summed E-state index contributed by atoms with van der Waals surface area (Å²) < 4.78 is 12.9. The minimum Gasteiger partial charge on any atom is -0.480 e. The van der Waals surface area contributed by atoms with Crippen LogP contribution in [0.1, 0.15) is 11.3 Å². The number of hydrogen-bond donors (Lipinski definition) is 2. The predicted octanol–water partition coefficient (Wildman–Crippen LogP) is 3.85. The summed E-state index contributed by atoms with van der Waals surface area (Å²) >= 11 is 3.23. The molecule has 0 saturated heterocycles. The standard InChI is InChI=1S/C16H18FNO2S2/c1-21-9-8-14(16(19)20)18-10-13-6-7-15(22-13)11-2-4-12(17)5-3-11/h2-7,14,18H,8-10H2,1H3,(H,19,20)/t14-/m0/s1. The highest BCUT2D eigenvalue weighted by Crippen LogP contribution is 2.28. The summed E-state index contributed by atoms with van der Waals surface area (Å²) in [5.41, 5.74) is 0.967. The number of benzene rings is 1. The fourth-order valence-electron chi connectivity index (χ4n) is 2.01. The number of hydrogen-bond acceptors (Lipinski definition) is 4. The monoisotopic (exact) mass is 339 g/mol. The zero-order valence-electron chi connectivity index (χ0n) is 12.2. The quantitative estimate of drug-likeness (QED) is 0.767. The number of halogens is 1. The second-order valence-corrected chi connectivity index (χ2v) is 6.98. The number of carboxylic acids is 1. The third-order valence-corrected chi connectivity index (χ3v) is 5.00. The molecule has 0 saturated carbocycles. The molecule has 1 heterocycles. The van der Waals surface area contributed by atoms with Crippen molar-refractivity contribution >= 4 is 29.1 Å². The van der Waals surface area contributed by atoms with Gasteiger partial charge < -0.3 is 5.11 Å². The van der Waals surface area contributed by atoms with E-state index in [4.69, 9.17) is 0 Å². The first-order chi connectivity index (χ1) is 10.6. The number of rotatable bonds is 8. The van der Waals surface area contributed by atoms with Crippen LogP contribution in [0, 0.1) is 5.82 Å². The summed E-state index contributed by atoms with van der Waals surface area (Å²) in [6, 6.07) is 9.81. The molecule has 0 spiro atoms. The molecule has 0 radical (unpaired) electrons. The molecule has 118 valence electrons. The zero-order valence-corrected chi connectivity index (χ0v) is 13.8. The van der Waals surface area contributed by atoms with Gasteiger partial charge in [0, 0.05) is 16.3 Å². The van der Waals surface area contributed by atoms with Gasteiger partial charge in [-0.2, -0.15) is 11.8 Å². The molecule has 0 aliphatic rings. The fourth-order valence-corrected chi connectivity index (χ4v) is 3.45. The third-order valence-electron chi connectivity index (χ3n) is 3.22. The SMILES string of the molecule is CSCC[C@H](NCc1ccc(-c2ccc(F)cc2)s1)C(=O)O. The van der Waals surface area contributed by atoms with Crippen molar-refractivity contribution in [1.29, 1.82) is 0 Å². The molecule has 0 aliphatic heterocycles. The van der Waals surface area contributed by atoms with Gasteiger partial charge in [0.2, 0.25) is 0 Å². The molecule has 0 unspecified atom stereocenters. The number of carbonyl (C=O) groups is 1. The number of thiophene rings is 1. The van der Waals surface area contributed by atoms with E-state index in [1.807, 2.05) is 18.4 Å². The second kappa shape index (κ2) is 8.31. The van der Waals surface area contributed by atoms with E-state index < -0.39 is 12.0 Å². The zero-order chi connectivity index (χ0) is 15.9. The number of aliphatic carboxylic acids is 1. The van der Waals surface area contributed by atoms with Crippen LogP contribution >= 0.6 is 23.1 Å². The van der Waals surface area contributed by atoms with Gasteiger partial charge in [-0.25, -0.2) is 4.39 Å². The minimum atomic E-state index is -0.815. The Morgan fingerprint density at radius 1 is 1.32 bits per heavy atom. The normalized spacial score (nSPS) is 12.3. The van der Waals surface area contributed by atoms with Crippen LogP contribution in [-0.4, -0.2) is 29.1 Å². The largest absolute Gasteiger partial charge is 0.480 e. The highest BCUT2D eigenvalue weighted by Gasteiger charge is 2.16. The van der Waals surface area contributed by atoms with Crippen molar-refractivity contribution < 1.29 is 14.3 Å². The van der Waals surface area contributed by atoms with Crippen molar-refractivity contribution in [2.45, 2.75) is 19.0 Å². The van der Waals surface area contributed by atoms with Gasteiger partial charge in [-0.05, 0) is 48.3 Å². The Morgan fingerprint density at radius 3 is 2.68 bits per heavy atom. The smallest absolute Gasteiger partial charge is 0.320 e. The molecule has 0 fully saturated rings. The molecule has 6 heteroatoms. The van der Waals surface area contributed by atoms with Crippen molar-refractivity contribution in [1.82, 2.24) is 5.32 Å². The molecular formula is C16H18FNO2S2. The van der Waals surface area contributed by atoms with Crippen LogP contribution in [0.3, 0.4) is 0 Å². The maximum absolute atomic E-state index is 12.9. The first-order valence-corrected chi connectivity index (χ1v) is 9.11. The van der Waals surface area contributed by atoms with E-state index in [1.165, 1.54) is 12.1 Å². The number of thioether (sulfide) groups is 1. The topological polar surface area (TPSA) is 49.3 Å². The Bertz CT molecular complexity index is 613. The lowest BCUT2D eigenvalue weighted by molar-refractivity contribution is -0.139. The molecule has 22 heavy (non-hydrogen) atoms. The average molecular weight is 339 g/mol. The van der Waals surface area contributed by atoms with E-state index in [1.54, 1.807) is 35.2 Å². The lowest BCUT2D eigenvalue weighted by Gasteiger charge is -2.12. The fraction of sp³-hybridized carbons (Fsp3) is 0.312. The molecule has 0 bridgehead atoms. The summed E-state index contributed by atoms with van der Waals surface area (Å²) in [6.07, 6.45) is 2.57. The van der Waals surface area contributed by atoms with Crippen LogP contribution in [0.4, 0.5) is 4.39 Å². The van der Waals surface area contributed by atoms with Crippen LogP contribution in [0.15, 0.2) is 36.4 Å². The van der Waals surface area contributed by atoms with Gasteiger partial charge in [0.1, 0.15) is 11.9 Å². The minimum absolute atomic E-state index is 0.250. The maximum atomic E-state index is 12.9. The van der Waals surface area contributed by atoms with Crippen molar-refractivity contribution in [3.63, 3.8) is 0 Å². The Morgan fingerprint density at radius 2 is 2.05 bits per heavy atom. The van der Waals surface area contributed by atoms with Crippen LogP contribution < -0.4 is 5.32 Å². The van der Waals surface area contributed by atoms with Crippen LogP contribution in [0.2, 0.25) is 0 Å². The van der Waals surface area contributed by atoms with Crippen LogP contribution in [-0.2, 0) is 11.3 Å². The van der Waals surface area contributed by atoms with Crippen LogP contribution in [0.25, 0.3) is 10.4 Å².